The third kappa shape index (κ3) is 6.07. The van der Waals surface area contributed by atoms with E-state index < -0.39 is 16.1 Å². The van der Waals surface area contributed by atoms with Crippen LogP contribution in [0.25, 0.3) is 0 Å². The van der Waals surface area contributed by atoms with Gasteiger partial charge in [-0.3, -0.25) is 4.72 Å². The van der Waals surface area contributed by atoms with Gasteiger partial charge in [0.15, 0.2) is 11.5 Å². The smallest absolute Gasteiger partial charge is 0.319 e. The van der Waals surface area contributed by atoms with Crippen LogP contribution in [-0.4, -0.2) is 34.9 Å². The SMILES string of the molecule is COc1ccc(CNC(=O)Nc2ccc(C)c(NS(C)(=O)=O)c2)cc1OC. The van der Waals surface area contributed by atoms with Crippen molar-refractivity contribution in [2.24, 2.45) is 0 Å². The molecule has 0 bridgehead atoms. The van der Waals surface area contributed by atoms with Gasteiger partial charge in [0.2, 0.25) is 10.0 Å². The molecule has 0 aliphatic carbocycles. The van der Waals surface area contributed by atoms with Gasteiger partial charge >= 0.3 is 6.03 Å². The molecule has 2 rings (SSSR count). The number of nitrogens with one attached hydrogen (secondary N) is 3. The van der Waals surface area contributed by atoms with E-state index in [-0.39, 0.29) is 6.54 Å². The van der Waals surface area contributed by atoms with Crippen LogP contribution in [0.15, 0.2) is 36.4 Å². The number of ether oxygens (including phenoxy) is 2. The summed E-state index contributed by atoms with van der Waals surface area (Å²) in [5.74, 6) is 1.18. The topological polar surface area (TPSA) is 106 Å². The lowest BCUT2D eigenvalue weighted by Gasteiger charge is -2.13. The van der Waals surface area contributed by atoms with E-state index in [0.717, 1.165) is 17.4 Å². The van der Waals surface area contributed by atoms with Crippen molar-refractivity contribution in [3.05, 3.63) is 47.5 Å². The molecular weight excluding hydrogens is 370 g/mol. The zero-order chi connectivity index (χ0) is 20.0. The summed E-state index contributed by atoms with van der Waals surface area (Å²) in [5, 5.41) is 5.41. The molecule has 2 amide bonds. The van der Waals surface area contributed by atoms with Crippen molar-refractivity contribution in [2.45, 2.75) is 13.5 Å². The normalized spacial score (nSPS) is 10.8. The van der Waals surface area contributed by atoms with Gasteiger partial charge in [-0.2, -0.15) is 0 Å². The summed E-state index contributed by atoms with van der Waals surface area (Å²) in [6.45, 7) is 2.06. The van der Waals surface area contributed by atoms with E-state index in [9.17, 15) is 13.2 Å². The van der Waals surface area contributed by atoms with E-state index in [2.05, 4.69) is 15.4 Å². The number of sulfonamides is 1. The van der Waals surface area contributed by atoms with Gasteiger partial charge in [0.1, 0.15) is 0 Å². The number of aryl methyl sites for hydroxylation is 1. The first-order chi connectivity index (χ1) is 12.7. The van der Waals surface area contributed by atoms with E-state index >= 15 is 0 Å². The molecule has 3 N–H and O–H groups in total. The van der Waals surface area contributed by atoms with Crippen molar-refractivity contribution in [1.29, 1.82) is 0 Å². The van der Waals surface area contributed by atoms with Gasteiger partial charge in [-0.05, 0) is 42.3 Å². The van der Waals surface area contributed by atoms with Gasteiger partial charge in [-0.15, -0.1) is 0 Å². The quantitative estimate of drug-likeness (QED) is 0.671. The highest BCUT2D eigenvalue weighted by Gasteiger charge is 2.09. The lowest BCUT2D eigenvalue weighted by atomic mass is 10.2. The Balaban J connectivity index is 2.01. The summed E-state index contributed by atoms with van der Waals surface area (Å²) in [6, 6.07) is 9.92. The van der Waals surface area contributed by atoms with Crippen LogP contribution in [0.5, 0.6) is 11.5 Å². The van der Waals surface area contributed by atoms with Crippen LogP contribution in [0.4, 0.5) is 16.2 Å². The monoisotopic (exact) mass is 393 g/mol. The molecule has 27 heavy (non-hydrogen) atoms. The number of amides is 2. The lowest BCUT2D eigenvalue weighted by Crippen LogP contribution is -2.28. The number of carbonyl (C=O) groups is 1. The molecule has 0 spiro atoms. The number of benzene rings is 2. The fourth-order valence-corrected chi connectivity index (χ4v) is 2.98. The Labute approximate surface area is 158 Å². The fraction of sp³-hybridized carbons (Fsp3) is 0.278. The van der Waals surface area contributed by atoms with Crippen LogP contribution in [0.1, 0.15) is 11.1 Å². The minimum absolute atomic E-state index is 0.284. The summed E-state index contributed by atoms with van der Waals surface area (Å²) < 4.78 is 35.7. The van der Waals surface area contributed by atoms with Crippen molar-refractivity contribution in [3.8, 4) is 11.5 Å². The molecule has 146 valence electrons. The Morgan fingerprint density at radius 1 is 1.04 bits per heavy atom. The van der Waals surface area contributed by atoms with E-state index in [4.69, 9.17) is 9.47 Å². The van der Waals surface area contributed by atoms with E-state index in [1.807, 2.05) is 6.07 Å². The van der Waals surface area contributed by atoms with Gasteiger partial charge in [0.05, 0.1) is 26.2 Å². The number of hydrogen-bond donors (Lipinski definition) is 3. The lowest BCUT2D eigenvalue weighted by molar-refractivity contribution is 0.251. The second-order valence-corrected chi connectivity index (χ2v) is 7.65. The molecule has 0 aliphatic heterocycles. The third-order valence-electron chi connectivity index (χ3n) is 3.69. The van der Waals surface area contributed by atoms with E-state index in [1.165, 1.54) is 0 Å². The number of hydrogen-bond acceptors (Lipinski definition) is 5. The molecule has 0 radical (unpaired) electrons. The molecule has 0 saturated heterocycles. The largest absolute Gasteiger partial charge is 0.493 e. The van der Waals surface area contributed by atoms with Gasteiger partial charge in [-0.25, -0.2) is 13.2 Å². The molecule has 0 unspecified atom stereocenters. The Hall–Kier alpha value is -2.94. The average molecular weight is 393 g/mol. The van der Waals surface area contributed by atoms with Crippen LogP contribution in [0.2, 0.25) is 0 Å². The number of carbonyl (C=O) groups excluding carboxylic acids is 1. The minimum Gasteiger partial charge on any atom is -0.493 e. The fourth-order valence-electron chi connectivity index (χ4n) is 2.36. The number of rotatable bonds is 7. The first-order valence-corrected chi connectivity index (χ1v) is 9.95. The Bertz CT molecular complexity index is 929. The predicted octanol–water partition coefficient (Wildman–Crippen LogP) is 2.71. The molecule has 2 aromatic carbocycles. The van der Waals surface area contributed by atoms with Crippen molar-refractivity contribution in [2.75, 3.05) is 30.5 Å². The molecule has 2 aromatic rings. The van der Waals surface area contributed by atoms with Gasteiger partial charge in [0, 0.05) is 12.2 Å². The Kier molecular flexibility index (Phi) is 6.51. The molecule has 8 nitrogen and oxygen atoms in total. The maximum absolute atomic E-state index is 12.1. The molecule has 0 atom stereocenters. The van der Waals surface area contributed by atoms with Crippen LogP contribution in [0.3, 0.4) is 0 Å². The van der Waals surface area contributed by atoms with E-state index in [1.54, 1.807) is 51.5 Å². The number of urea groups is 1. The highest BCUT2D eigenvalue weighted by molar-refractivity contribution is 7.92. The van der Waals surface area contributed by atoms with Gasteiger partial charge < -0.3 is 20.1 Å². The summed E-state index contributed by atoms with van der Waals surface area (Å²) >= 11 is 0. The van der Waals surface area contributed by atoms with Crippen molar-refractivity contribution in [1.82, 2.24) is 5.32 Å². The molecule has 0 heterocycles. The summed E-state index contributed by atoms with van der Waals surface area (Å²) in [4.78, 5) is 12.1. The molecule has 0 aliphatic rings. The Morgan fingerprint density at radius 2 is 1.74 bits per heavy atom. The maximum Gasteiger partial charge on any atom is 0.319 e. The van der Waals surface area contributed by atoms with Crippen molar-refractivity contribution in [3.63, 3.8) is 0 Å². The minimum atomic E-state index is -3.40. The Morgan fingerprint density at radius 3 is 2.37 bits per heavy atom. The van der Waals surface area contributed by atoms with Crippen LogP contribution < -0.4 is 24.8 Å². The summed E-state index contributed by atoms with van der Waals surface area (Å²) in [7, 11) is -0.308. The highest BCUT2D eigenvalue weighted by atomic mass is 32.2. The molecule has 9 heteroatoms. The van der Waals surface area contributed by atoms with Crippen molar-refractivity contribution < 1.29 is 22.7 Å². The highest BCUT2D eigenvalue weighted by Crippen LogP contribution is 2.27. The predicted molar refractivity (Wildman–Crippen MR) is 105 cm³/mol. The molecule has 0 aromatic heterocycles. The number of anilines is 2. The maximum atomic E-state index is 12.1. The average Bonchev–Trinajstić information content (AvgIpc) is 2.61. The van der Waals surface area contributed by atoms with E-state index in [0.29, 0.717) is 22.9 Å². The zero-order valence-electron chi connectivity index (χ0n) is 15.6. The second-order valence-electron chi connectivity index (χ2n) is 5.90. The number of methoxy groups -OCH3 is 2. The first-order valence-electron chi connectivity index (χ1n) is 8.06. The molecule has 0 saturated carbocycles. The summed E-state index contributed by atoms with van der Waals surface area (Å²) in [6.07, 6.45) is 1.07. The summed E-state index contributed by atoms with van der Waals surface area (Å²) in [5.41, 5.74) is 2.47. The second kappa shape index (κ2) is 8.63. The van der Waals surface area contributed by atoms with Crippen LogP contribution >= 0.6 is 0 Å². The zero-order valence-corrected chi connectivity index (χ0v) is 16.4. The van der Waals surface area contributed by atoms with Crippen LogP contribution in [-0.2, 0) is 16.6 Å². The molecule has 0 fully saturated rings. The van der Waals surface area contributed by atoms with Crippen molar-refractivity contribution >= 4 is 27.4 Å². The van der Waals surface area contributed by atoms with Gasteiger partial charge in [-0.1, -0.05) is 12.1 Å². The van der Waals surface area contributed by atoms with Gasteiger partial charge in [0.25, 0.3) is 0 Å². The molecular formula is C18H23N3O5S. The first kappa shape index (κ1) is 20.4. The van der Waals surface area contributed by atoms with Crippen LogP contribution in [0, 0.1) is 6.92 Å². The third-order valence-corrected chi connectivity index (χ3v) is 4.28. The standard InChI is InChI=1S/C18H23N3O5S/c1-12-5-7-14(10-15(12)21-27(4,23)24)20-18(22)19-11-13-6-8-16(25-2)17(9-13)26-3/h5-10,21H,11H2,1-4H3,(H2,19,20,22).